The molecular weight excluding hydrogens is 272 g/mol. The van der Waals surface area contributed by atoms with Crippen molar-refractivity contribution in [2.75, 3.05) is 5.94 Å². The molecule has 20 heavy (non-hydrogen) atoms. The number of carbonyl (C=O) groups is 1. The van der Waals surface area contributed by atoms with E-state index in [0.717, 1.165) is 16.8 Å². The minimum Gasteiger partial charge on any atom is -0.454 e. The maximum absolute atomic E-state index is 11.3. The Morgan fingerprint density at radius 3 is 2.35 bits per heavy atom. The number of esters is 1. The second-order valence-corrected chi connectivity index (χ2v) is 6.02. The summed E-state index contributed by atoms with van der Waals surface area (Å²) in [6.45, 7) is 9.66. The monoisotopic (exact) mass is 294 g/mol. The van der Waals surface area contributed by atoms with Crippen molar-refractivity contribution in [1.82, 2.24) is 0 Å². The Kier molecular flexibility index (Phi) is 6.07. The van der Waals surface area contributed by atoms with Gasteiger partial charge in [-0.15, -0.1) is 0 Å². The molecule has 0 saturated heterocycles. The summed E-state index contributed by atoms with van der Waals surface area (Å²) in [6.07, 6.45) is 0. The highest BCUT2D eigenvalue weighted by Gasteiger charge is 2.09. The van der Waals surface area contributed by atoms with Crippen LogP contribution in [-0.4, -0.2) is 17.1 Å². The molecule has 0 amide bonds. The molecule has 0 heterocycles. The highest BCUT2D eigenvalue weighted by molar-refractivity contribution is 8.13. The average Bonchev–Trinajstić information content (AvgIpc) is 2.33. The molecule has 110 valence electrons. The zero-order chi connectivity index (χ0) is 15.3. The molecule has 1 rings (SSSR count). The van der Waals surface area contributed by atoms with Gasteiger partial charge in [0, 0.05) is 0 Å². The van der Waals surface area contributed by atoms with Gasteiger partial charge in [-0.3, -0.25) is 4.79 Å². The van der Waals surface area contributed by atoms with Gasteiger partial charge in [0.05, 0.1) is 11.6 Å². The van der Waals surface area contributed by atoms with E-state index in [9.17, 15) is 4.79 Å². The molecule has 0 atom stereocenters. The number of nitrogens with two attached hydrogens (primary N) is 1. The molecule has 0 radical (unpaired) electrons. The van der Waals surface area contributed by atoms with Crippen LogP contribution in [0.4, 0.5) is 5.69 Å². The molecule has 0 aromatic heterocycles. The van der Waals surface area contributed by atoms with Crippen LogP contribution in [0.25, 0.3) is 0 Å². The van der Waals surface area contributed by atoms with Crippen LogP contribution in [-0.2, 0) is 9.53 Å². The average molecular weight is 294 g/mol. The number of aryl methyl sites for hydroxylation is 3. The summed E-state index contributed by atoms with van der Waals surface area (Å²) in [6, 6.07) is 4.14. The van der Waals surface area contributed by atoms with Crippen LogP contribution in [0.5, 0.6) is 0 Å². The van der Waals surface area contributed by atoms with Gasteiger partial charge in [0.25, 0.3) is 0 Å². The molecule has 0 unspecified atom stereocenters. The van der Waals surface area contributed by atoms with Crippen LogP contribution in [0.1, 0.15) is 30.5 Å². The van der Waals surface area contributed by atoms with E-state index in [4.69, 9.17) is 10.5 Å². The van der Waals surface area contributed by atoms with Gasteiger partial charge >= 0.3 is 5.97 Å². The second-order valence-electron chi connectivity index (χ2n) is 5.08. The molecular formula is C15H22N2O2S. The number of hydrogen-bond donors (Lipinski definition) is 1. The van der Waals surface area contributed by atoms with Crippen LogP contribution in [0.3, 0.4) is 0 Å². The first kappa shape index (κ1) is 16.6. The van der Waals surface area contributed by atoms with Gasteiger partial charge in [0.1, 0.15) is 5.94 Å². The van der Waals surface area contributed by atoms with Crippen molar-refractivity contribution in [2.24, 2.45) is 16.6 Å². The molecule has 1 aromatic rings. The Balaban J connectivity index is 2.68. The lowest BCUT2D eigenvalue weighted by Crippen LogP contribution is -2.14. The number of amidine groups is 1. The van der Waals surface area contributed by atoms with E-state index in [2.05, 4.69) is 24.0 Å². The second kappa shape index (κ2) is 7.33. The molecule has 0 fully saturated rings. The molecule has 5 heteroatoms. The van der Waals surface area contributed by atoms with Crippen molar-refractivity contribution in [2.45, 2.75) is 34.6 Å². The lowest BCUT2D eigenvalue weighted by atomic mass is 10.1. The van der Waals surface area contributed by atoms with Crippen molar-refractivity contribution in [3.05, 3.63) is 28.8 Å². The van der Waals surface area contributed by atoms with Gasteiger partial charge in [0.2, 0.25) is 0 Å². The Labute approximate surface area is 124 Å². The summed E-state index contributed by atoms with van der Waals surface area (Å²) >= 11 is 1.22. The molecule has 0 aliphatic heterocycles. The van der Waals surface area contributed by atoms with Crippen LogP contribution in [0.2, 0.25) is 0 Å². The van der Waals surface area contributed by atoms with E-state index in [1.54, 1.807) is 13.8 Å². The number of rotatable bonds is 4. The fourth-order valence-corrected chi connectivity index (χ4v) is 2.26. The third-order valence-corrected chi connectivity index (χ3v) is 3.36. The minimum absolute atomic E-state index is 0.129. The zero-order valence-corrected chi connectivity index (χ0v) is 13.5. The fraction of sp³-hybridized carbons (Fsp3) is 0.467. The molecule has 4 nitrogen and oxygen atoms in total. The Bertz CT molecular complexity index is 502. The standard InChI is InChI=1S/C15H22N2O2S/c1-9(2)14(18)19-8-20-15(16)17-13-11(4)6-10(3)7-12(13)5/h6-7,9H,8H2,1-5H3,(H2,16,17). The first-order chi connectivity index (χ1) is 9.31. The first-order valence-electron chi connectivity index (χ1n) is 6.52. The predicted molar refractivity (Wildman–Crippen MR) is 85.3 cm³/mol. The predicted octanol–water partition coefficient (Wildman–Crippen LogP) is 3.45. The van der Waals surface area contributed by atoms with Crippen LogP contribution in [0.15, 0.2) is 17.1 Å². The summed E-state index contributed by atoms with van der Waals surface area (Å²) in [5, 5.41) is 0.400. The van der Waals surface area contributed by atoms with E-state index < -0.39 is 0 Å². The quantitative estimate of drug-likeness (QED) is 0.400. The van der Waals surface area contributed by atoms with Crippen molar-refractivity contribution < 1.29 is 9.53 Å². The van der Waals surface area contributed by atoms with E-state index in [-0.39, 0.29) is 17.8 Å². The molecule has 0 spiro atoms. The van der Waals surface area contributed by atoms with Crippen molar-refractivity contribution >= 4 is 28.6 Å². The summed E-state index contributed by atoms with van der Waals surface area (Å²) in [5.74, 6) is -0.167. The number of hydrogen-bond acceptors (Lipinski definition) is 4. The summed E-state index contributed by atoms with van der Waals surface area (Å²) in [4.78, 5) is 15.7. The van der Waals surface area contributed by atoms with Gasteiger partial charge in [-0.05, 0) is 43.7 Å². The normalized spacial score (nSPS) is 11.8. The maximum Gasteiger partial charge on any atom is 0.309 e. The molecule has 0 aliphatic rings. The lowest BCUT2D eigenvalue weighted by molar-refractivity contribution is -0.144. The number of aliphatic imine (C=N–C) groups is 1. The summed E-state index contributed by atoms with van der Waals surface area (Å²) < 4.78 is 5.05. The molecule has 1 aromatic carbocycles. The number of thioether (sulfide) groups is 1. The van der Waals surface area contributed by atoms with E-state index in [1.165, 1.54) is 17.3 Å². The van der Waals surface area contributed by atoms with Gasteiger partial charge in [0.15, 0.2) is 5.17 Å². The largest absolute Gasteiger partial charge is 0.454 e. The van der Waals surface area contributed by atoms with Gasteiger partial charge in [-0.1, -0.05) is 31.5 Å². The Morgan fingerprint density at radius 1 is 1.30 bits per heavy atom. The third-order valence-electron chi connectivity index (χ3n) is 2.74. The lowest BCUT2D eigenvalue weighted by Gasteiger charge is -2.09. The highest BCUT2D eigenvalue weighted by Crippen LogP contribution is 2.25. The zero-order valence-electron chi connectivity index (χ0n) is 12.7. The van der Waals surface area contributed by atoms with Crippen molar-refractivity contribution in [3.8, 4) is 0 Å². The first-order valence-corrected chi connectivity index (χ1v) is 7.51. The van der Waals surface area contributed by atoms with Gasteiger partial charge in [-0.25, -0.2) is 4.99 Å². The van der Waals surface area contributed by atoms with Gasteiger partial charge in [-0.2, -0.15) is 0 Å². The fourth-order valence-electron chi connectivity index (χ4n) is 1.81. The SMILES string of the molecule is Cc1cc(C)c(N=C(N)SCOC(=O)C(C)C)c(C)c1. The number of carbonyl (C=O) groups excluding carboxylic acids is 1. The number of benzene rings is 1. The van der Waals surface area contributed by atoms with E-state index >= 15 is 0 Å². The molecule has 0 saturated carbocycles. The van der Waals surface area contributed by atoms with Crippen LogP contribution < -0.4 is 5.73 Å². The third kappa shape index (κ3) is 4.89. The van der Waals surface area contributed by atoms with E-state index in [1.807, 2.05) is 13.8 Å². The van der Waals surface area contributed by atoms with Crippen LogP contribution in [0, 0.1) is 26.7 Å². The number of nitrogens with zero attached hydrogens (tertiary/aromatic N) is 1. The molecule has 0 bridgehead atoms. The Morgan fingerprint density at radius 2 is 1.85 bits per heavy atom. The highest BCUT2D eigenvalue weighted by atomic mass is 32.2. The molecule has 2 N–H and O–H groups in total. The summed E-state index contributed by atoms with van der Waals surface area (Å²) in [5.41, 5.74) is 10.1. The minimum atomic E-state index is -0.229. The smallest absolute Gasteiger partial charge is 0.309 e. The topological polar surface area (TPSA) is 64.7 Å². The number of ether oxygens (including phenoxy) is 1. The maximum atomic E-state index is 11.3. The Hall–Kier alpha value is -1.49. The van der Waals surface area contributed by atoms with Crippen molar-refractivity contribution in [3.63, 3.8) is 0 Å². The van der Waals surface area contributed by atoms with E-state index in [0.29, 0.717) is 5.17 Å². The van der Waals surface area contributed by atoms with Crippen LogP contribution >= 0.6 is 11.8 Å². The van der Waals surface area contributed by atoms with Crippen molar-refractivity contribution in [1.29, 1.82) is 0 Å². The molecule has 0 aliphatic carbocycles. The van der Waals surface area contributed by atoms with Gasteiger partial charge < -0.3 is 10.5 Å². The summed E-state index contributed by atoms with van der Waals surface area (Å²) in [7, 11) is 0.